The second-order valence-electron chi connectivity index (χ2n) is 2.76. The van der Waals surface area contributed by atoms with Crippen molar-refractivity contribution in [1.29, 1.82) is 0 Å². The molecule has 0 aromatic carbocycles. The molecule has 0 aromatic heterocycles. The van der Waals surface area contributed by atoms with Crippen LogP contribution in [0.25, 0.3) is 0 Å². The lowest BCUT2D eigenvalue weighted by Gasteiger charge is -2.29. The number of ether oxygens (including phenoxy) is 2. The van der Waals surface area contributed by atoms with Crippen LogP contribution in [-0.2, 0) is 14.3 Å². The molecular weight excluding hydrogens is 271 g/mol. The standard InChI is InChI=1S/C8H9IO3/c1-8(2)11-6(3-4-9)5-7(10)12-8/h3-5H,1-2H3/b4-3+. The normalized spacial score (nSPS) is 21.6. The van der Waals surface area contributed by atoms with Crippen LogP contribution >= 0.6 is 22.6 Å². The highest BCUT2D eigenvalue weighted by Crippen LogP contribution is 2.22. The molecule has 0 fully saturated rings. The van der Waals surface area contributed by atoms with Crippen LogP contribution in [-0.4, -0.2) is 11.8 Å². The summed E-state index contributed by atoms with van der Waals surface area (Å²) < 4.78 is 12.0. The van der Waals surface area contributed by atoms with Gasteiger partial charge >= 0.3 is 5.97 Å². The molecule has 3 nitrogen and oxygen atoms in total. The van der Waals surface area contributed by atoms with Crippen molar-refractivity contribution in [2.45, 2.75) is 19.6 Å². The van der Waals surface area contributed by atoms with E-state index in [1.165, 1.54) is 6.08 Å². The molecule has 0 atom stereocenters. The fraction of sp³-hybridized carbons (Fsp3) is 0.375. The van der Waals surface area contributed by atoms with Crippen molar-refractivity contribution in [1.82, 2.24) is 0 Å². The van der Waals surface area contributed by atoms with Gasteiger partial charge in [0.2, 0.25) is 5.79 Å². The summed E-state index contributed by atoms with van der Waals surface area (Å²) in [6.45, 7) is 3.39. The zero-order valence-corrected chi connectivity index (χ0v) is 8.99. The van der Waals surface area contributed by atoms with Gasteiger partial charge in [-0.2, -0.15) is 0 Å². The monoisotopic (exact) mass is 280 g/mol. The Morgan fingerprint density at radius 3 is 2.67 bits per heavy atom. The van der Waals surface area contributed by atoms with Crippen LogP contribution in [0.2, 0.25) is 0 Å². The van der Waals surface area contributed by atoms with Crippen molar-refractivity contribution in [3.8, 4) is 0 Å². The average Bonchev–Trinajstić information content (AvgIpc) is 1.82. The predicted octanol–water partition coefficient (Wildman–Crippen LogP) is 2.13. The number of hydrogen-bond acceptors (Lipinski definition) is 3. The van der Waals surface area contributed by atoms with Gasteiger partial charge in [-0.15, -0.1) is 0 Å². The Bertz CT molecular complexity index is 253. The van der Waals surface area contributed by atoms with E-state index in [1.807, 2.05) is 0 Å². The lowest BCUT2D eigenvalue weighted by atomic mass is 10.3. The number of carbonyl (C=O) groups excluding carboxylic acids is 1. The van der Waals surface area contributed by atoms with E-state index in [1.54, 1.807) is 24.0 Å². The molecule has 0 radical (unpaired) electrons. The smallest absolute Gasteiger partial charge is 0.337 e. The van der Waals surface area contributed by atoms with E-state index in [-0.39, 0.29) is 5.97 Å². The molecule has 0 spiro atoms. The highest BCUT2D eigenvalue weighted by Gasteiger charge is 2.28. The van der Waals surface area contributed by atoms with Crippen LogP contribution in [0.15, 0.2) is 22.0 Å². The molecule has 0 aliphatic carbocycles. The topological polar surface area (TPSA) is 35.5 Å². The third kappa shape index (κ3) is 2.51. The van der Waals surface area contributed by atoms with Gasteiger partial charge in [0.15, 0.2) is 0 Å². The van der Waals surface area contributed by atoms with Crippen molar-refractivity contribution in [3.63, 3.8) is 0 Å². The highest BCUT2D eigenvalue weighted by atomic mass is 127. The summed E-state index contributed by atoms with van der Waals surface area (Å²) >= 11 is 2.06. The maximum atomic E-state index is 10.9. The molecule has 0 aromatic rings. The Morgan fingerprint density at radius 2 is 2.17 bits per heavy atom. The van der Waals surface area contributed by atoms with Crippen molar-refractivity contribution >= 4 is 28.6 Å². The minimum Gasteiger partial charge on any atom is -0.453 e. The molecule has 0 bridgehead atoms. The van der Waals surface area contributed by atoms with Crippen molar-refractivity contribution in [2.75, 3.05) is 0 Å². The van der Waals surface area contributed by atoms with Gasteiger partial charge < -0.3 is 9.47 Å². The van der Waals surface area contributed by atoms with Gasteiger partial charge in [-0.3, -0.25) is 0 Å². The zero-order chi connectivity index (χ0) is 9.19. The number of rotatable bonds is 1. The van der Waals surface area contributed by atoms with Gasteiger partial charge in [-0.25, -0.2) is 4.79 Å². The number of allylic oxidation sites excluding steroid dienone is 1. The fourth-order valence-corrected chi connectivity index (χ4v) is 1.22. The summed E-state index contributed by atoms with van der Waals surface area (Å²) in [6.07, 6.45) is 3.03. The third-order valence-electron chi connectivity index (χ3n) is 1.20. The van der Waals surface area contributed by atoms with Gasteiger partial charge in [-0.1, -0.05) is 22.6 Å². The van der Waals surface area contributed by atoms with Crippen LogP contribution < -0.4 is 0 Å². The molecule has 1 heterocycles. The van der Waals surface area contributed by atoms with Crippen molar-refractivity contribution in [3.05, 3.63) is 22.0 Å². The number of cyclic esters (lactones) is 1. The van der Waals surface area contributed by atoms with E-state index in [0.29, 0.717) is 5.76 Å². The summed E-state index contributed by atoms with van der Waals surface area (Å²) in [7, 11) is 0. The molecule has 0 unspecified atom stereocenters. The van der Waals surface area contributed by atoms with Gasteiger partial charge in [-0.05, 0) is 10.2 Å². The van der Waals surface area contributed by atoms with E-state index in [9.17, 15) is 4.79 Å². The molecule has 0 N–H and O–H groups in total. The van der Waals surface area contributed by atoms with Crippen LogP contribution in [0.5, 0.6) is 0 Å². The molecule has 0 amide bonds. The first-order valence-electron chi connectivity index (χ1n) is 3.44. The van der Waals surface area contributed by atoms with Gasteiger partial charge in [0.25, 0.3) is 0 Å². The number of hydrogen-bond donors (Lipinski definition) is 0. The van der Waals surface area contributed by atoms with Crippen LogP contribution in [0.1, 0.15) is 13.8 Å². The largest absolute Gasteiger partial charge is 0.453 e. The highest BCUT2D eigenvalue weighted by molar-refractivity contribution is 14.1. The molecule has 66 valence electrons. The molecule has 0 saturated carbocycles. The number of esters is 1. The lowest BCUT2D eigenvalue weighted by molar-refractivity contribution is -0.203. The minimum absolute atomic E-state index is 0.365. The molecule has 1 aliphatic rings. The maximum absolute atomic E-state index is 10.9. The molecular formula is C8H9IO3. The fourth-order valence-electron chi connectivity index (χ4n) is 0.866. The maximum Gasteiger partial charge on any atom is 0.337 e. The number of carbonyl (C=O) groups is 1. The minimum atomic E-state index is -0.850. The van der Waals surface area contributed by atoms with E-state index < -0.39 is 5.79 Å². The molecule has 1 rings (SSSR count). The lowest BCUT2D eigenvalue weighted by Crippen LogP contribution is -2.33. The Kier molecular flexibility index (Phi) is 2.76. The summed E-state index contributed by atoms with van der Waals surface area (Å²) in [5.74, 6) is -0.682. The summed E-state index contributed by atoms with van der Waals surface area (Å²) in [5, 5.41) is 0. The molecule has 1 aliphatic heterocycles. The zero-order valence-electron chi connectivity index (χ0n) is 6.83. The Balaban J connectivity index is 2.83. The Hall–Kier alpha value is -0.520. The molecule has 4 heteroatoms. The summed E-state index contributed by atoms with van der Waals surface area (Å²) in [5.41, 5.74) is 0. The average molecular weight is 280 g/mol. The van der Waals surface area contributed by atoms with Crippen LogP contribution in [0.4, 0.5) is 0 Å². The predicted molar refractivity (Wildman–Crippen MR) is 52.5 cm³/mol. The van der Waals surface area contributed by atoms with Crippen LogP contribution in [0.3, 0.4) is 0 Å². The van der Waals surface area contributed by atoms with Crippen molar-refractivity contribution < 1.29 is 14.3 Å². The Labute approximate surface area is 84.6 Å². The second kappa shape index (κ2) is 3.47. The first-order chi connectivity index (χ1) is 5.53. The number of halogens is 1. The van der Waals surface area contributed by atoms with Gasteiger partial charge in [0.05, 0.1) is 6.08 Å². The van der Waals surface area contributed by atoms with Crippen LogP contribution in [0, 0.1) is 0 Å². The Morgan fingerprint density at radius 1 is 1.50 bits per heavy atom. The van der Waals surface area contributed by atoms with E-state index in [0.717, 1.165) is 0 Å². The first kappa shape index (κ1) is 9.57. The van der Waals surface area contributed by atoms with E-state index in [4.69, 9.17) is 9.47 Å². The van der Waals surface area contributed by atoms with Gasteiger partial charge in [0, 0.05) is 13.8 Å². The van der Waals surface area contributed by atoms with Crippen molar-refractivity contribution in [2.24, 2.45) is 0 Å². The first-order valence-corrected chi connectivity index (χ1v) is 4.68. The summed E-state index contributed by atoms with van der Waals surface area (Å²) in [6, 6.07) is 0. The quantitative estimate of drug-likeness (QED) is 0.545. The third-order valence-corrected chi connectivity index (χ3v) is 1.56. The molecule has 0 saturated heterocycles. The SMILES string of the molecule is CC1(C)OC(=O)C=C(/C=C/I)O1. The summed E-state index contributed by atoms with van der Waals surface area (Å²) in [4.78, 5) is 10.9. The second-order valence-corrected chi connectivity index (χ2v) is 3.48. The molecule has 12 heavy (non-hydrogen) atoms. The van der Waals surface area contributed by atoms with E-state index in [2.05, 4.69) is 22.6 Å². The van der Waals surface area contributed by atoms with Gasteiger partial charge in [0.1, 0.15) is 5.76 Å². The van der Waals surface area contributed by atoms with E-state index >= 15 is 0 Å².